The van der Waals surface area contributed by atoms with E-state index in [0.717, 1.165) is 42.2 Å². The lowest BCUT2D eigenvalue weighted by molar-refractivity contribution is 0.123. The lowest BCUT2D eigenvalue weighted by Gasteiger charge is -2.35. The molecule has 1 aliphatic heterocycles. The van der Waals surface area contributed by atoms with Crippen molar-refractivity contribution in [2.24, 2.45) is 10.9 Å². The Bertz CT molecular complexity index is 577. The minimum absolute atomic E-state index is 0.727. The molecule has 0 atom stereocenters. The van der Waals surface area contributed by atoms with Crippen molar-refractivity contribution in [3.63, 3.8) is 0 Å². The van der Waals surface area contributed by atoms with Gasteiger partial charge in [0.25, 0.3) is 0 Å². The van der Waals surface area contributed by atoms with Gasteiger partial charge in [-0.2, -0.15) is 0 Å². The molecule has 2 aliphatic rings. The third-order valence-electron chi connectivity index (χ3n) is 4.85. The Hall–Kier alpha value is -1.30. The van der Waals surface area contributed by atoms with Gasteiger partial charge in [0.1, 0.15) is 0 Å². The first-order chi connectivity index (χ1) is 11.7. The molecular weight excluding hydrogens is 322 g/mol. The summed E-state index contributed by atoms with van der Waals surface area (Å²) in [6, 6.07) is 6.15. The van der Waals surface area contributed by atoms with Crippen LogP contribution >= 0.6 is 11.6 Å². The van der Waals surface area contributed by atoms with E-state index in [1.54, 1.807) is 7.05 Å². The summed E-state index contributed by atoms with van der Waals surface area (Å²) in [5, 5.41) is 7.03. The van der Waals surface area contributed by atoms with Crippen molar-refractivity contribution in [1.82, 2.24) is 15.1 Å². The molecule has 24 heavy (non-hydrogen) atoms. The third-order valence-corrected chi connectivity index (χ3v) is 5.20. The van der Waals surface area contributed by atoms with Crippen molar-refractivity contribution < 1.29 is 0 Å². The van der Waals surface area contributed by atoms with Crippen LogP contribution in [0.15, 0.2) is 23.2 Å². The number of piperazine rings is 1. The van der Waals surface area contributed by atoms with E-state index in [2.05, 4.69) is 37.6 Å². The van der Waals surface area contributed by atoms with E-state index in [0.29, 0.717) is 0 Å². The highest BCUT2D eigenvalue weighted by molar-refractivity contribution is 6.31. The first-order valence-corrected chi connectivity index (χ1v) is 9.20. The molecule has 3 rings (SSSR count). The van der Waals surface area contributed by atoms with Crippen LogP contribution in [0.5, 0.6) is 0 Å². The third kappa shape index (κ3) is 4.85. The van der Waals surface area contributed by atoms with Crippen LogP contribution in [0.3, 0.4) is 0 Å². The summed E-state index contributed by atoms with van der Waals surface area (Å²) < 4.78 is 0. The Balaban J connectivity index is 1.51. The lowest BCUT2D eigenvalue weighted by Crippen LogP contribution is -2.46. The molecule has 0 aromatic heterocycles. The highest BCUT2D eigenvalue weighted by Crippen LogP contribution is 2.30. The molecule has 0 amide bonds. The zero-order valence-electron chi connectivity index (χ0n) is 14.7. The summed E-state index contributed by atoms with van der Waals surface area (Å²) in [4.78, 5) is 9.24. The van der Waals surface area contributed by atoms with Gasteiger partial charge in [-0.05, 0) is 36.5 Å². The average molecular weight is 350 g/mol. The molecule has 0 radical (unpaired) electrons. The minimum Gasteiger partial charge on any atom is -0.359 e. The molecular formula is C18H28ClN5. The number of anilines is 1. The number of guanidine groups is 1. The maximum Gasteiger partial charge on any atom is 0.195 e. The molecule has 132 valence electrons. The van der Waals surface area contributed by atoms with Crippen molar-refractivity contribution >= 4 is 23.2 Å². The van der Waals surface area contributed by atoms with Crippen LogP contribution in [0.2, 0.25) is 5.02 Å². The van der Waals surface area contributed by atoms with E-state index in [4.69, 9.17) is 11.6 Å². The molecule has 0 spiro atoms. The fraction of sp³-hybridized carbons (Fsp3) is 0.611. The first-order valence-electron chi connectivity index (χ1n) is 8.82. The molecule has 1 saturated heterocycles. The van der Waals surface area contributed by atoms with Gasteiger partial charge in [-0.1, -0.05) is 17.7 Å². The summed E-state index contributed by atoms with van der Waals surface area (Å²) in [5.41, 5.74) is 2.14. The van der Waals surface area contributed by atoms with Gasteiger partial charge in [-0.3, -0.25) is 9.89 Å². The normalized spacial score (nSPS) is 20.2. The molecule has 0 unspecified atom stereocenters. The van der Waals surface area contributed by atoms with Crippen molar-refractivity contribution in [2.45, 2.75) is 19.4 Å². The Morgan fingerprint density at radius 3 is 2.50 bits per heavy atom. The summed E-state index contributed by atoms with van der Waals surface area (Å²) in [6.45, 7) is 6.88. The number of nitrogens with one attached hydrogen (secondary N) is 2. The van der Waals surface area contributed by atoms with E-state index in [9.17, 15) is 0 Å². The Kier molecular flexibility index (Phi) is 5.98. The predicted molar refractivity (Wildman–Crippen MR) is 102 cm³/mol. The van der Waals surface area contributed by atoms with Gasteiger partial charge < -0.3 is 15.5 Å². The van der Waals surface area contributed by atoms with E-state index in [1.165, 1.54) is 38.0 Å². The summed E-state index contributed by atoms with van der Waals surface area (Å²) in [6.07, 6.45) is 2.88. The van der Waals surface area contributed by atoms with Crippen LogP contribution in [0, 0.1) is 5.92 Å². The SMILES string of the molecule is C/N=C(\NC)Nc1ccc(CN2CCN(CC3CC3)CC2)c(Cl)c1. The molecule has 1 aromatic rings. The number of benzene rings is 1. The van der Waals surface area contributed by atoms with Crippen LogP contribution in [0.1, 0.15) is 18.4 Å². The highest BCUT2D eigenvalue weighted by Gasteiger charge is 2.26. The smallest absolute Gasteiger partial charge is 0.195 e. The van der Waals surface area contributed by atoms with Crippen molar-refractivity contribution in [3.8, 4) is 0 Å². The van der Waals surface area contributed by atoms with Gasteiger partial charge in [0.2, 0.25) is 0 Å². The maximum absolute atomic E-state index is 6.49. The van der Waals surface area contributed by atoms with Crippen LogP contribution < -0.4 is 10.6 Å². The molecule has 1 aromatic carbocycles. The molecule has 2 N–H and O–H groups in total. The van der Waals surface area contributed by atoms with Gasteiger partial charge in [0.15, 0.2) is 5.96 Å². The summed E-state index contributed by atoms with van der Waals surface area (Å²) in [7, 11) is 3.59. The van der Waals surface area contributed by atoms with Gasteiger partial charge in [0.05, 0.1) is 0 Å². The predicted octanol–water partition coefficient (Wildman–Crippen LogP) is 2.48. The largest absolute Gasteiger partial charge is 0.359 e. The van der Waals surface area contributed by atoms with E-state index < -0.39 is 0 Å². The Labute approximate surface area is 150 Å². The molecule has 1 saturated carbocycles. The lowest BCUT2D eigenvalue weighted by atomic mass is 10.1. The van der Waals surface area contributed by atoms with Crippen LogP contribution in [-0.2, 0) is 6.54 Å². The van der Waals surface area contributed by atoms with Crippen molar-refractivity contribution in [3.05, 3.63) is 28.8 Å². The topological polar surface area (TPSA) is 42.9 Å². The second-order valence-electron chi connectivity index (χ2n) is 6.77. The maximum atomic E-state index is 6.49. The van der Waals surface area contributed by atoms with Crippen LogP contribution in [0.25, 0.3) is 0 Å². The fourth-order valence-electron chi connectivity index (χ4n) is 3.16. The van der Waals surface area contributed by atoms with E-state index >= 15 is 0 Å². The number of hydrogen-bond donors (Lipinski definition) is 2. The number of nitrogens with zero attached hydrogens (tertiary/aromatic N) is 3. The second kappa shape index (κ2) is 8.19. The zero-order valence-corrected chi connectivity index (χ0v) is 15.4. The molecule has 1 heterocycles. The number of aliphatic imine (C=N–C) groups is 1. The molecule has 0 bridgehead atoms. The number of rotatable bonds is 5. The van der Waals surface area contributed by atoms with Crippen LogP contribution in [0.4, 0.5) is 5.69 Å². The van der Waals surface area contributed by atoms with Gasteiger partial charge >= 0.3 is 0 Å². The van der Waals surface area contributed by atoms with E-state index in [-0.39, 0.29) is 0 Å². The fourth-order valence-corrected chi connectivity index (χ4v) is 3.40. The quantitative estimate of drug-likeness (QED) is 0.633. The van der Waals surface area contributed by atoms with Crippen LogP contribution in [-0.4, -0.2) is 62.6 Å². The Morgan fingerprint density at radius 1 is 1.21 bits per heavy atom. The van der Waals surface area contributed by atoms with Gasteiger partial charge in [0, 0.05) is 64.1 Å². The molecule has 1 aliphatic carbocycles. The summed E-state index contributed by atoms with van der Waals surface area (Å²) in [5.74, 6) is 1.71. The zero-order chi connectivity index (χ0) is 16.9. The standard InChI is InChI=1S/C18H28ClN5/c1-20-18(21-2)22-16-6-5-15(17(19)11-16)13-24-9-7-23(8-10-24)12-14-3-4-14/h5-6,11,14H,3-4,7-10,12-13H2,1-2H3,(H2,20,21,22). The number of halogens is 1. The highest BCUT2D eigenvalue weighted by atomic mass is 35.5. The van der Waals surface area contributed by atoms with Gasteiger partial charge in [-0.25, -0.2) is 0 Å². The summed E-state index contributed by atoms with van der Waals surface area (Å²) >= 11 is 6.49. The van der Waals surface area contributed by atoms with Crippen molar-refractivity contribution in [1.29, 1.82) is 0 Å². The molecule has 5 nitrogen and oxygen atoms in total. The second-order valence-corrected chi connectivity index (χ2v) is 7.18. The monoisotopic (exact) mass is 349 g/mol. The first kappa shape index (κ1) is 17.5. The Morgan fingerprint density at radius 2 is 1.92 bits per heavy atom. The van der Waals surface area contributed by atoms with Gasteiger partial charge in [-0.15, -0.1) is 0 Å². The average Bonchev–Trinajstić information content (AvgIpc) is 3.40. The number of hydrogen-bond acceptors (Lipinski definition) is 3. The molecule has 2 fully saturated rings. The minimum atomic E-state index is 0.727. The van der Waals surface area contributed by atoms with Crippen molar-refractivity contribution in [2.75, 3.05) is 52.1 Å². The van der Waals surface area contributed by atoms with E-state index in [1.807, 2.05) is 13.1 Å². The molecule has 6 heteroatoms.